The van der Waals surface area contributed by atoms with E-state index in [-0.39, 0.29) is 21.2 Å². The average molecular weight is 351 g/mol. The van der Waals surface area contributed by atoms with E-state index in [0.717, 1.165) is 0 Å². The molecule has 18 heavy (non-hydrogen) atoms. The van der Waals surface area contributed by atoms with Crippen molar-refractivity contribution < 1.29 is 21.2 Å². The number of hydrogen-bond acceptors (Lipinski definition) is 0. The maximum absolute atomic E-state index is 2.32. The van der Waals surface area contributed by atoms with Gasteiger partial charge in [-0.15, -0.1) is 0 Å². The smallest absolute Gasteiger partial charge is 0.0654 e. The summed E-state index contributed by atoms with van der Waals surface area (Å²) in [6.07, 6.45) is 5.21. The zero-order valence-corrected chi connectivity index (χ0v) is 13.1. The Labute approximate surface area is 121 Å². The van der Waals surface area contributed by atoms with Crippen LogP contribution in [0, 0.1) is 7.14 Å². The standard InChI is InChI=1S/C17H20I/c1-2-3-5-8-15-11-13-17(14-12-15)18-16-9-6-4-7-10-16/h4,6-7,9-14H,2-3,5,8H2,1H3/q+1. The highest BCUT2D eigenvalue weighted by Gasteiger charge is 2.13. The summed E-state index contributed by atoms with van der Waals surface area (Å²) in [5, 5.41) is 0. The largest absolute Gasteiger partial charge is 0.357 e. The number of aryl methyl sites for hydroxylation is 1. The summed E-state index contributed by atoms with van der Waals surface area (Å²) in [4.78, 5) is 0. The van der Waals surface area contributed by atoms with Crippen molar-refractivity contribution in [2.75, 3.05) is 0 Å². The number of hydrogen-bond donors (Lipinski definition) is 0. The summed E-state index contributed by atoms with van der Waals surface area (Å²) < 4.78 is 3.01. The third kappa shape index (κ3) is 4.45. The summed E-state index contributed by atoms with van der Waals surface area (Å²) in [6, 6.07) is 20.1. The van der Waals surface area contributed by atoms with Crippen molar-refractivity contribution in [3.63, 3.8) is 0 Å². The second-order valence-electron chi connectivity index (χ2n) is 4.47. The topological polar surface area (TPSA) is 0 Å². The van der Waals surface area contributed by atoms with Gasteiger partial charge in [0.25, 0.3) is 0 Å². The molecule has 0 unspecified atom stereocenters. The Morgan fingerprint density at radius 1 is 0.778 bits per heavy atom. The van der Waals surface area contributed by atoms with Gasteiger partial charge in [0.05, 0.1) is 0 Å². The Morgan fingerprint density at radius 2 is 1.44 bits per heavy atom. The molecule has 0 heterocycles. The molecular formula is C17H20I+. The molecule has 0 aliphatic carbocycles. The third-order valence-electron chi connectivity index (χ3n) is 2.93. The maximum atomic E-state index is 2.32. The van der Waals surface area contributed by atoms with Crippen molar-refractivity contribution in [1.29, 1.82) is 0 Å². The minimum absolute atomic E-state index is 0.000887. The van der Waals surface area contributed by atoms with Gasteiger partial charge in [0.1, 0.15) is 0 Å². The van der Waals surface area contributed by atoms with Gasteiger partial charge >= 0.3 is 21.2 Å². The second kappa shape index (κ2) is 7.57. The quantitative estimate of drug-likeness (QED) is 0.547. The molecule has 0 amide bonds. The van der Waals surface area contributed by atoms with Crippen molar-refractivity contribution in [3.05, 3.63) is 67.3 Å². The number of unbranched alkanes of at least 4 members (excludes halogenated alkanes) is 2. The van der Waals surface area contributed by atoms with Gasteiger partial charge in [-0.05, 0) is 42.7 Å². The minimum atomic E-state index is -0.000887. The van der Waals surface area contributed by atoms with Gasteiger partial charge in [0, 0.05) is 0 Å². The number of benzene rings is 2. The SMILES string of the molecule is CCCCCc1ccc([I+]c2ccccc2)cc1. The van der Waals surface area contributed by atoms with Crippen LogP contribution in [-0.4, -0.2) is 0 Å². The second-order valence-corrected chi connectivity index (χ2v) is 7.50. The van der Waals surface area contributed by atoms with Crippen LogP contribution < -0.4 is 21.2 Å². The fourth-order valence-electron chi connectivity index (χ4n) is 1.90. The van der Waals surface area contributed by atoms with E-state index in [9.17, 15) is 0 Å². The summed E-state index contributed by atoms with van der Waals surface area (Å²) in [7, 11) is 0. The van der Waals surface area contributed by atoms with Crippen LogP contribution in [0.15, 0.2) is 54.6 Å². The van der Waals surface area contributed by atoms with E-state index >= 15 is 0 Å². The molecular weight excluding hydrogens is 331 g/mol. The first-order chi connectivity index (χ1) is 8.88. The summed E-state index contributed by atoms with van der Waals surface area (Å²) in [5.41, 5.74) is 1.49. The minimum Gasteiger partial charge on any atom is -0.0654 e. The molecule has 0 nitrogen and oxygen atoms in total. The Hall–Kier alpha value is -0.830. The molecule has 0 saturated heterocycles. The number of rotatable bonds is 6. The van der Waals surface area contributed by atoms with E-state index < -0.39 is 0 Å². The van der Waals surface area contributed by atoms with Crippen molar-refractivity contribution in [1.82, 2.24) is 0 Å². The molecule has 0 saturated carbocycles. The van der Waals surface area contributed by atoms with Gasteiger partial charge in [-0.1, -0.05) is 50.1 Å². The van der Waals surface area contributed by atoms with Crippen LogP contribution in [0.2, 0.25) is 0 Å². The van der Waals surface area contributed by atoms with Gasteiger partial charge in [0.2, 0.25) is 0 Å². The van der Waals surface area contributed by atoms with E-state index in [1.807, 2.05) is 0 Å². The fraction of sp³-hybridized carbons (Fsp3) is 0.294. The van der Waals surface area contributed by atoms with Crippen molar-refractivity contribution in [2.45, 2.75) is 32.6 Å². The zero-order valence-electron chi connectivity index (χ0n) is 10.9. The predicted molar refractivity (Wildman–Crippen MR) is 73.5 cm³/mol. The van der Waals surface area contributed by atoms with Crippen LogP contribution >= 0.6 is 0 Å². The molecule has 2 aromatic carbocycles. The first-order valence-electron chi connectivity index (χ1n) is 6.67. The predicted octanol–water partition coefficient (Wildman–Crippen LogP) is 1.55. The summed E-state index contributed by atoms with van der Waals surface area (Å²) >= 11 is -0.000887. The van der Waals surface area contributed by atoms with Crippen LogP contribution in [0.4, 0.5) is 0 Å². The zero-order chi connectivity index (χ0) is 12.6. The van der Waals surface area contributed by atoms with Gasteiger partial charge in [-0.2, -0.15) is 0 Å². The lowest BCUT2D eigenvalue weighted by molar-refractivity contribution is -0.597. The molecule has 2 rings (SSSR count). The average Bonchev–Trinajstić information content (AvgIpc) is 2.42. The first kappa shape index (κ1) is 13.6. The molecule has 0 spiro atoms. The van der Waals surface area contributed by atoms with E-state index in [0.29, 0.717) is 0 Å². The van der Waals surface area contributed by atoms with Gasteiger partial charge in [0.15, 0.2) is 7.14 Å². The molecule has 0 aromatic heterocycles. The van der Waals surface area contributed by atoms with Crippen LogP contribution in [0.25, 0.3) is 0 Å². The van der Waals surface area contributed by atoms with Crippen LogP contribution in [0.1, 0.15) is 31.7 Å². The Bertz CT molecular complexity index is 445. The Balaban J connectivity index is 1.91. The highest BCUT2D eigenvalue weighted by Crippen LogP contribution is 2.05. The summed E-state index contributed by atoms with van der Waals surface area (Å²) in [5.74, 6) is 0. The lowest BCUT2D eigenvalue weighted by atomic mass is 10.1. The van der Waals surface area contributed by atoms with Crippen molar-refractivity contribution >= 4 is 0 Å². The molecule has 0 N–H and O–H groups in total. The van der Waals surface area contributed by atoms with Crippen molar-refractivity contribution in [2.24, 2.45) is 0 Å². The molecule has 1 heteroatoms. The highest BCUT2D eigenvalue weighted by molar-refractivity contribution is 5.14. The van der Waals surface area contributed by atoms with E-state index in [1.165, 1.54) is 38.4 Å². The molecule has 2 aromatic rings. The van der Waals surface area contributed by atoms with Crippen LogP contribution in [0.3, 0.4) is 0 Å². The van der Waals surface area contributed by atoms with Crippen LogP contribution in [-0.2, 0) is 6.42 Å². The van der Waals surface area contributed by atoms with E-state index in [2.05, 4.69) is 61.5 Å². The van der Waals surface area contributed by atoms with Gasteiger partial charge < -0.3 is 0 Å². The molecule has 0 aliphatic rings. The molecule has 0 aliphatic heterocycles. The normalized spacial score (nSPS) is 10.5. The molecule has 0 radical (unpaired) electrons. The lowest BCUT2D eigenvalue weighted by Crippen LogP contribution is -3.61. The van der Waals surface area contributed by atoms with Crippen molar-refractivity contribution in [3.8, 4) is 0 Å². The third-order valence-corrected chi connectivity index (χ3v) is 5.62. The Kier molecular flexibility index (Phi) is 5.72. The lowest BCUT2D eigenvalue weighted by Gasteiger charge is -1.99. The van der Waals surface area contributed by atoms with E-state index in [4.69, 9.17) is 0 Å². The maximum Gasteiger partial charge on any atom is 0.357 e. The van der Waals surface area contributed by atoms with E-state index in [1.54, 1.807) is 0 Å². The molecule has 0 fully saturated rings. The molecule has 0 atom stereocenters. The first-order valence-corrected chi connectivity index (χ1v) is 8.83. The molecule has 94 valence electrons. The van der Waals surface area contributed by atoms with Gasteiger partial charge in [-0.3, -0.25) is 0 Å². The van der Waals surface area contributed by atoms with Gasteiger partial charge in [-0.25, -0.2) is 0 Å². The monoisotopic (exact) mass is 351 g/mol. The Morgan fingerprint density at radius 3 is 2.11 bits per heavy atom. The summed E-state index contributed by atoms with van der Waals surface area (Å²) in [6.45, 7) is 2.26. The van der Waals surface area contributed by atoms with Crippen LogP contribution in [0.5, 0.6) is 0 Å². The fourth-order valence-corrected chi connectivity index (χ4v) is 4.11. The molecule has 0 bridgehead atoms. The number of halogens is 1. The highest BCUT2D eigenvalue weighted by atomic mass is 127.